The molecule has 3 nitrogen and oxygen atoms in total. The predicted octanol–water partition coefficient (Wildman–Crippen LogP) is 2.99. The van der Waals surface area contributed by atoms with E-state index in [1.165, 1.54) is 0 Å². The van der Waals surface area contributed by atoms with Crippen molar-refractivity contribution in [2.24, 2.45) is 16.2 Å². The van der Waals surface area contributed by atoms with Crippen molar-refractivity contribution < 1.29 is 15.0 Å². The summed E-state index contributed by atoms with van der Waals surface area (Å²) < 4.78 is 0. The van der Waals surface area contributed by atoms with Crippen LogP contribution in [-0.4, -0.2) is 27.7 Å². The summed E-state index contributed by atoms with van der Waals surface area (Å²) in [6.45, 7) is 10.4. The Morgan fingerprint density at radius 2 is 1.62 bits per heavy atom. The van der Waals surface area contributed by atoms with Gasteiger partial charge in [-0.1, -0.05) is 34.6 Å². The number of aliphatic hydroxyl groups excluding tert-OH is 1. The quantitative estimate of drug-likeness (QED) is 0.721. The summed E-state index contributed by atoms with van der Waals surface area (Å²) in [5, 5.41) is 22.0. The molecule has 0 amide bonds. The first kappa shape index (κ1) is 15.2. The van der Waals surface area contributed by atoms with E-state index >= 15 is 0 Å². The van der Waals surface area contributed by atoms with Crippen LogP contribution < -0.4 is 0 Å². The van der Waals surface area contributed by atoms with E-state index in [2.05, 4.69) is 20.8 Å². The maximum atomic E-state index is 12.7. The number of fused-ring (bicyclic) bond motifs is 3. The van der Waals surface area contributed by atoms with Gasteiger partial charge in [-0.25, -0.2) is 0 Å². The maximum absolute atomic E-state index is 12.7. The number of carbonyl (C=O) groups excluding carboxylic acids is 1. The van der Waals surface area contributed by atoms with Gasteiger partial charge in [-0.3, -0.25) is 4.79 Å². The Kier molecular flexibility index (Phi) is 2.90. The Labute approximate surface area is 127 Å². The van der Waals surface area contributed by atoms with Gasteiger partial charge in [0.1, 0.15) is 0 Å². The van der Waals surface area contributed by atoms with Crippen LogP contribution in [0.15, 0.2) is 11.1 Å². The molecule has 2 N–H and O–H groups in total. The summed E-state index contributed by atoms with van der Waals surface area (Å²) in [4.78, 5) is 12.7. The Bertz CT molecular complexity index is 543. The monoisotopic (exact) mass is 292 g/mol. The lowest BCUT2D eigenvalue weighted by Crippen LogP contribution is -2.57. The summed E-state index contributed by atoms with van der Waals surface area (Å²) >= 11 is 0. The molecule has 3 rings (SSSR count). The number of aliphatic hydroxyl groups is 2. The number of rotatable bonds is 0. The molecule has 1 fully saturated rings. The topological polar surface area (TPSA) is 57.5 Å². The molecular weight excluding hydrogens is 264 g/mol. The van der Waals surface area contributed by atoms with Crippen LogP contribution in [0.25, 0.3) is 0 Å². The molecule has 118 valence electrons. The second-order valence-electron chi connectivity index (χ2n) is 9.60. The minimum Gasteiger partial charge on any atom is -0.388 e. The molecule has 3 aliphatic carbocycles. The summed E-state index contributed by atoms with van der Waals surface area (Å²) in [6.07, 6.45) is 2.75. The molecule has 0 heterocycles. The number of carbonyl (C=O) groups is 1. The molecule has 0 spiro atoms. The van der Waals surface area contributed by atoms with Crippen LogP contribution in [0.5, 0.6) is 0 Å². The molecule has 3 atom stereocenters. The van der Waals surface area contributed by atoms with Gasteiger partial charge in [0, 0.05) is 17.4 Å². The molecule has 3 heteroatoms. The van der Waals surface area contributed by atoms with Crippen LogP contribution in [0, 0.1) is 16.2 Å². The van der Waals surface area contributed by atoms with Crippen LogP contribution >= 0.6 is 0 Å². The molecule has 0 aliphatic heterocycles. The van der Waals surface area contributed by atoms with Crippen molar-refractivity contribution in [1.82, 2.24) is 0 Å². The van der Waals surface area contributed by atoms with E-state index in [1.54, 1.807) is 0 Å². The normalized spacial score (nSPS) is 44.5. The van der Waals surface area contributed by atoms with Crippen molar-refractivity contribution >= 4 is 5.78 Å². The fraction of sp³-hybridized carbons (Fsp3) is 0.833. The summed E-state index contributed by atoms with van der Waals surface area (Å²) in [7, 11) is 0. The fourth-order valence-electron chi connectivity index (χ4n) is 5.73. The number of hydrogen-bond acceptors (Lipinski definition) is 3. The van der Waals surface area contributed by atoms with E-state index in [9.17, 15) is 15.0 Å². The van der Waals surface area contributed by atoms with E-state index in [1.807, 2.05) is 13.8 Å². The SMILES string of the molecule is CC1(C)C[C@@]2(C)CC3=C(C(=O)CC(C)(C)[C@@H]3O)[C@@](O)(C1)C2. The third kappa shape index (κ3) is 2.20. The van der Waals surface area contributed by atoms with Crippen LogP contribution in [-0.2, 0) is 4.79 Å². The molecule has 0 aromatic carbocycles. The van der Waals surface area contributed by atoms with Crippen LogP contribution in [0.1, 0.15) is 66.7 Å². The zero-order valence-corrected chi connectivity index (χ0v) is 13.9. The van der Waals surface area contributed by atoms with Crippen molar-refractivity contribution in [2.75, 3.05) is 0 Å². The molecule has 1 saturated carbocycles. The van der Waals surface area contributed by atoms with Crippen LogP contribution in [0.2, 0.25) is 0 Å². The predicted molar refractivity (Wildman–Crippen MR) is 81.7 cm³/mol. The minimum atomic E-state index is -1.04. The average molecular weight is 292 g/mol. The van der Waals surface area contributed by atoms with E-state index in [-0.39, 0.29) is 16.6 Å². The summed E-state index contributed by atoms with van der Waals surface area (Å²) in [5.41, 5.74) is -0.0899. The minimum absolute atomic E-state index is 0.0238. The molecule has 0 aromatic rings. The van der Waals surface area contributed by atoms with Crippen LogP contribution in [0.4, 0.5) is 0 Å². The van der Waals surface area contributed by atoms with E-state index in [0.29, 0.717) is 24.8 Å². The number of hydrogen-bond donors (Lipinski definition) is 2. The highest BCUT2D eigenvalue weighted by molar-refractivity contribution is 6.00. The van der Waals surface area contributed by atoms with E-state index < -0.39 is 17.1 Å². The smallest absolute Gasteiger partial charge is 0.162 e. The van der Waals surface area contributed by atoms with Gasteiger partial charge in [0.15, 0.2) is 5.78 Å². The van der Waals surface area contributed by atoms with Crippen molar-refractivity contribution in [3.05, 3.63) is 11.1 Å². The van der Waals surface area contributed by atoms with Crippen molar-refractivity contribution in [3.63, 3.8) is 0 Å². The van der Waals surface area contributed by atoms with Gasteiger partial charge in [-0.15, -0.1) is 0 Å². The number of ketones is 1. The highest BCUT2D eigenvalue weighted by atomic mass is 16.3. The first-order chi connectivity index (χ1) is 9.38. The third-order valence-corrected chi connectivity index (χ3v) is 5.76. The zero-order chi connectivity index (χ0) is 15.8. The Balaban J connectivity index is 2.17. The second-order valence-corrected chi connectivity index (χ2v) is 9.60. The van der Waals surface area contributed by atoms with Gasteiger partial charge in [0.2, 0.25) is 0 Å². The first-order valence-corrected chi connectivity index (χ1v) is 8.05. The summed E-state index contributed by atoms with van der Waals surface area (Å²) in [5.74, 6) is 0.0440. The molecule has 0 radical (unpaired) electrons. The van der Waals surface area contributed by atoms with Gasteiger partial charge in [0.05, 0.1) is 11.7 Å². The molecule has 2 bridgehead atoms. The highest BCUT2D eigenvalue weighted by Gasteiger charge is 2.58. The maximum Gasteiger partial charge on any atom is 0.162 e. The van der Waals surface area contributed by atoms with E-state index in [0.717, 1.165) is 18.4 Å². The Hall–Kier alpha value is -0.670. The lowest BCUT2D eigenvalue weighted by Gasteiger charge is -2.57. The number of Topliss-reactive ketones (excluding diaryl/α,β-unsaturated/α-hetero) is 1. The van der Waals surface area contributed by atoms with Crippen molar-refractivity contribution in [2.45, 2.75) is 78.4 Å². The lowest BCUT2D eigenvalue weighted by molar-refractivity contribution is -0.132. The molecule has 0 saturated heterocycles. The van der Waals surface area contributed by atoms with Gasteiger partial charge < -0.3 is 10.2 Å². The standard InChI is InChI=1S/C18H28O3/c1-15(2)8-17(5)6-11-13(18(21,9-15)10-17)12(19)7-16(3,4)14(11)20/h14,20-21H,6-10H2,1-5H3/t14-,17-,18-/m1/s1. The molecule has 21 heavy (non-hydrogen) atoms. The average Bonchev–Trinajstić information content (AvgIpc) is 2.19. The third-order valence-electron chi connectivity index (χ3n) is 5.76. The fourth-order valence-corrected chi connectivity index (χ4v) is 5.73. The Morgan fingerprint density at radius 3 is 2.24 bits per heavy atom. The first-order valence-electron chi connectivity index (χ1n) is 8.05. The summed E-state index contributed by atoms with van der Waals surface area (Å²) in [6, 6.07) is 0. The van der Waals surface area contributed by atoms with E-state index in [4.69, 9.17) is 0 Å². The molecular formula is C18H28O3. The van der Waals surface area contributed by atoms with Crippen molar-refractivity contribution in [3.8, 4) is 0 Å². The van der Waals surface area contributed by atoms with Gasteiger partial charge in [-0.2, -0.15) is 0 Å². The van der Waals surface area contributed by atoms with Gasteiger partial charge >= 0.3 is 0 Å². The van der Waals surface area contributed by atoms with Crippen molar-refractivity contribution in [1.29, 1.82) is 0 Å². The Morgan fingerprint density at radius 1 is 1.00 bits per heavy atom. The largest absolute Gasteiger partial charge is 0.388 e. The van der Waals surface area contributed by atoms with Gasteiger partial charge in [0.25, 0.3) is 0 Å². The zero-order valence-electron chi connectivity index (χ0n) is 13.9. The molecule has 0 aromatic heterocycles. The highest BCUT2D eigenvalue weighted by Crippen LogP contribution is 2.61. The van der Waals surface area contributed by atoms with Gasteiger partial charge in [-0.05, 0) is 42.1 Å². The van der Waals surface area contributed by atoms with Crippen LogP contribution in [0.3, 0.4) is 0 Å². The molecule has 3 aliphatic rings. The lowest BCUT2D eigenvalue weighted by atomic mass is 9.49. The molecule has 0 unspecified atom stereocenters. The second kappa shape index (κ2) is 3.99.